The Bertz CT molecular complexity index is 848. The third kappa shape index (κ3) is 5.81. The first-order valence-electron chi connectivity index (χ1n) is 7.98. The largest absolute Gasteiger partial charge is 0.496 e. The molecule has 7 nitrogen and oxygen atoms in total. The lowest BCUT2D eigenvalue weighted by atomic mass is 10.1. The standard InChI is InChI=1S/C19H19FN2O5/c1-11(23)21-16-7-13(8-17(9-16)22-12(2)24)19(25)27-10-14-6-15(20)4-5-18(14)26-3/h4-9H,10H2,1-3H3,(H,21,23)(H,22,24). The van der Waals surface area contributed by atoms with Gasteiger partial charge in [0.2, 0.25) is 11.8 Å². The van der Waals surface area contributed by atoms with Gasteiger partial charge in [0.1, 0.15) is 18.2 Å². The Morgan fingerprint density at radius 2 is 1.56 bits per heavy atom. The van der Waals surface area contributed by atoms with Crippen molar-refractivity contribution in [3.8, 4) is 5.75 Å². The summed E-state index contributed by atoms with van der Waals surface area (Å²) in [6.07, 6.45) is 0. The predicted molar refractivity (Wildman–Crippen MR) is 97.1 cm³/mol. The van der Waals surface area contributed by atoms with Crippen molar-refractivity contribution >= 4 is 29.2 Å². The Morgan fingerprint density at radius 3 is 2.07 bits per heavy atom. The third-order valence-corrected chi connectivity index (χ3v) is 3.41. The van der Waals surface area contributed by atoms with Gasteiger partial charge in [-0.15, -0.1) is 0 Å². The Kier molecular flexibility index (Phi) is 6.48. The fourth-order valence-corrected chi connectivity index (χ4v) is 2.38. The lowest BCUT2D eigenvalue weighted by molar-refractivity contribution is -0.115. The van der Waals surface area contributed by atoms with Crippen LogP contribution in [0.5, 0.6) is 5.75 Å². The lowest BCUT2D eigenvalue weighted by Gasteiger charge is -2.12. The Morgan fingerprint density at radius 1 is 0.963 bits per heavy atom. The fraction of sp³-hybridized carbons (Fsp3) is 0.211. The number of hydrogen-bond donors (Lipinski definition) is 2. The van der Waals surface area contributed by atoms with Crippen LogP contribution in [0.2, 0.25) is 0 Å². The van der Waals surface area contributed by atoms with Crippen LogP contribution in [0.15, 0.2) is 36.4 Å². The molecule has 2 aromatic rings. The first kappa shape index (κ1) is 19.9. The van der Waals surface area contributed by atoms with Gasteiger partial charge in [-0.05, 0) is 36.4 Å². The van der Waals surface area contributed by atoms with Gasteiger partial charge >= 0.3 is 5.97 Å². The highest BCUT2D eigenvalue weighted by molar-refractivity contribution is 5.97. The first-order valence-corrected chi connectivity index (χ1v) is 7.98. The van der Waals surface area contributed by atoms with Crippen LogP contribution in [0.3, 0.4) is 0 Å². The second-order valence-electron chi connectivity index (χ2n) is 5.69. The zero-order valence-corrected chi connectivity index (χ0v) is 15.1. The molecule has 8 heteroatoms. The number of anilines is 2. The molecule has 0 aromatic heterocycles. The summed E-state index contributed by atoms with van der Waals surface area (Å²) in [7, 11) is 1.43. The normalized spacial score (nSPS) is 10.1. The van der Waals surface area contributed by atoms with Crippen LogP contribution in [0, 0.1) is 5.82 Å². The molecule has 2 rings (SSSR count). The minimum Gasteiger partial charge on any atom is -0.496 e. The lowest BCUT2D eigenvalue weighted by Crippen LogP contribution is -2.12. The molecule has 0 saturated carbocycles. The van der Waals surface area contributed by atoms with E-state index >= 15 is 0 Å². The van der Waals surface area contributed by atoms with E-state index in [4.69, 9.17) is 9.47 Å². The molecule has 0 spiro atoms. The van der Waals surface area contributed by atoms with E-state index in [1.165, 1.54) is 57.4 Å². The van der Waals surface area contributed by atoms with E-state index in [0.29, 0.717) is 22.7 Å². The molecule has 27 heavy (non-hydrogen) atoms. The average molecular weight is 374 g/mol. The maximum absolute atomic E-state index is 13.4. The van der Waals surface area contributed by atoms with E-state index in [1.807, 2.05) is 0 Å². The van der Waals surface area contributed by atoms with E-state index in [1.54, 1.807) is 0 Å². The van der Waals surface area contributed by atoms with Crippen LogP contribution < -0.4 is 15.4 Å². The molecule has 0 radical (unpaired) electrons. The molecule has 2 amide bonds. The van der Waals surface area contributed by atoms with Crippen molar-refractivity contribution in [3.05, 3.63) is 53.3 Å². The summed E-state index contributed by atoms with van der Waals surface area (Å²) in [4.78, 5) is 35.0. The van der Waals surface area contributed by atoms with Gasteiger partial charge in [-0.1, -0.05) is 0 Å². The predicted octanol–water partition coefficient (Wildman–Crippen LogP) is 3.11. The van der Waals surface area contributed by atoms with E-state index in [2.05, 4.69) is 10.6 Å². The van der Waals surface area contributed by atoms with Gasteiger partial charge in [0.05, 0.1) is 12.7 Å². The van der Waals surface area contributed by atoms with Crippen molar-refractivity contribution in [2.45, 2.75) is 20.5 Å². The van der Waals surface area contributed by atoms with Gasteiger partial charge in [-0.25, -0.2) is 9.18 Å². The fourth-order valence-electron chi connectivity index (χ4n) is 2.38. The maximum atomic E-state index is 13.4. The quantitative estimate of drug-likeness (QED) is 0.758. The molecule has 142 valence electrons. The summed E-state index contributed by atoms with van der Waals surface area (Å²) in [5.41, 5.74) is 1.12. The molecular formula is C19H19FN2O5. The summed E-state index contributed by atoms with van der Waals surface area (Å²) >= 11 is 0. The molecule has 0 heterocycles. The topological polar surface area (TPSA) is 93.7 Å². The molecule has 0 atom stereocenters. The highest BCUT2D eigenvalue weighted by atomic mass is 19.1. The molecule has 0 aliphatic carbocycles. The van der Waals surface area contributed by atoms with Gasteiger partial charge < -0.3 is 20.1 Å². The molecule has 2 N–H and O–H groups in total. The second kappa shape index (κ2) is 8.79. The highest BCUT2D eigenvalue weighted by Crippen LogP contribution is 2.23. The molecule has 0 bridgehead atoms. The summed E-state index contributed by atoms with van der Waals surface area (Å²) in [5.74, 6) is -1.48. The van der Waals surface area contributed by atoms with Gasteiger partial charge in [-0.2, -0.15) is 0 Å². The van der Waals surface area contributed by atoms with E-state index in [9.17, 15) is 18.8 Å². The van der Waals surface area contributed by atoms with Gasteiger partial charge in [-0.3, -0.25) is 9.59 Å². The Balaban J connectivity index is 2.22. The number of halogens is 1. The average Bonchev–Trinajstić information content (AvgIpc) is 2.58. The number of benzene rings is 2. The summed E-state index contributed by atoms with van der Waals surface area (Å²) < 4.78 is 23.7. The highest BCUT2D eigenvalue weighted by Gasteiger charge is 2.14. The van der Waals surface area contributed by atoms with Crippen LogP contribution in [0.4, 0.5) is 15.8 Å². The third-order valence-electron chi connectivity index (χ3n) is 3.41. The Hall–Kier alpha value is -3.42. The summed E-state index contributed by atoms with van der Waals surface area (Å²) in [5, 5.41) is 5.09. The number of rotatable bonds is 6. The van der Waals surface area contributed by atoms with Crippen molar-refractivity contribution in [2.75, 3.05) is 17.7 Å². The molecule has 0 fully saturated rings. The molecule has 0 aliphatic heterocycles. The Labute approximate surface area is 155 Å². The summed E-state index contributed by atoms with van der Waals surface area (Å²) in [6.45, 7) is 2.43. The molecular weight excluding hydrogens is 355 g/mol. The number of nitrogens with one attached hydrogen (secondary N) is 2. The summed E-state index contributed by atoms with van der Waals surface area (Å²) in [6, 6.07) is 8.22. The maximum Gasteiger partial charge on any atom is 0.338 e. The number of esters is 1. The van der Waals surface area contributed by atoms with Gasteiger partial charge in [0.25, 0.3) is 0 Å². The number of ether oxygens (including phenoxy) is 2. The number of carbonyl (C=O) groups is 3. The smallest absolute Gasteiger partial charge is 0.338 e. The minimum absolute atomic E-state index is 0.111. The van der Waals surface area contributed by atoms with Crippen molar-refractivity contribution in [2.24, 2.45) is 0 Å². The molecule has 2 aromatic carbocycles. The number of carbonyl (C=O) groups excluding carboxylic acids is 3. The first-order chi connectivity index (χ1) is 12.8. The molecule has 0 saturated heterocycles. The van der Waals surface area contributed by atoms with Crippen LogP contribution in [-0.4, -0.2) is 24.9 Å². The van der Waals surface area contributed by atoms with Crippen LogP contribution in [0.25, 0.3) is 0 Å². The van der Waals surface area contributed by atoms with Crippen molar-refractivity contribution < 1.29 is 28.2 Å². The van der Waals surface area contributed by atoms with E-state index < -0.39 is 11.8 Å². The van der Waals surface area contributed by atoms with E-state index in [0.717, 1.165) is 0 Å². The molecule has 0 aliphatic rings. The number of methoxy groups -OCH3 is 1. The van der Waals surface area contributed by atoms with Gasteiger partial charge in [0.15, 0.2) is 0 Å². The second-order valence-corrected chi connectivity index (χ2v) is 5.69. The number of amides is 2. The van der Waals surface area contributed by atoms with E-state index in [-0.39, 0.29) is 24.0 Å². The SMILES string of the molecule is COc1ccc(F)cc1COC(=O)c1cc(NC(C)=O)cc(NC(C)=O)c1. The monoisotopic (exact) mass is 374 g/mol. The van der Waals surface area contributed by atoms with Crippen molar-refractivity contribution in [1.29, 1.82) is 0 Å². The zero-order valence-electron chi connectivity index (χ0n) is 15.1. The van der Waals surface area contributed by atoms with Crippen molar-refractivity contribution in [1.82, 2.24) is 0 Å². The minimum atomic E-state index is -0.708. The van der Waals surface area contributed by atoms with Gasteiger partial charge in [0, 0.05) is 30.8 Å². The zero-order chi connectivity index (χ0) is 20.0. The van der Waals surface area contributed by atoms with Crippen molar-refractivity contribution in [3.63, 3.8) is 0 Å². The van der Waals surface area contributed by atoms with Crippen LogP contribution >= 0.6 is 0 Å². The van der Waals surface area contributed by atoms with Crippen LogP contribution in [-0.2, 0) is 20.9 Å². The molecule has 0 unspecified atom stereocenters. The van der Waals surface area contributed by atoms with Crippen LogP contribution in [0.1, 0.15) is 29.8 Å². The number of hydrogen-bond acceptors (Lipinski definition) is 5.